The van der Waals surface area contributed by atoms with Crippen LogP contribution in [0, 0.1) is 6.92 Å². The van der Waals surface area contributed by atoms with Gasteiger partial charge in [-0.1, -0.05) is 0 Å². The number of imidazole rings is 1. The smallest absolute Gasteiger partial charge is 0.211 e. The van der Waals surface area contributed by atoms with Crippen LogP contribution in [0.1, 0.15) is 11.4 Å². The highest BCUT2D eigenvalue weighted by Crippen LogP contribution is 2.18. The van der Waals surface area contributed by atoms with E-state index in [9.17, 15) is 8.42 Å². The van der Waals surface area contributed by atoms with E-state index in [2.05, 4.69) is 9.97 Å². The lowest BCUT2D eigenvalue weighted by atomic mass is 10.2. The van der Waals surface area contributed by atoms with Crippen molar-refractivity contribution in [2.75, 3.05) is 40.2 Å². The molecule has 2 N–H and O–H groups in total. The van der Waals surface area contributed by atoms with Gasteiger partial charge < -0.3 is 19.8 Å². The van der Waals surface area contributed by atoms with Gasteiger partial charge in [0.25, 0.3) is 0 Å². The van der Waals surface area contributed by atoms with Crippen LogP contribution in [0.4, 0.5) is 0 Å². The SMILES string of the molecule is COC(N)Cc1nc(C)cc2c1ncn2CCOCCN(C)S(C)(=O)=O. The summed E-state index contributed by atoms with van der Waals surface area (Å²) in [6.45, 7) is 3.65. The molecule has 0 aliphatic rings. The van der Waals surface area contributed by atoms with Gasteiger partial charge in [0.15, 0.2) is 0 Å². The topological polar surface area (TPSA) is 113 Å². The summed E-state index contributed by atoms with van der Waals surface area (Å²) in [5, 5.41) is 0. The zero-order valence-electron chi connectivity index (χ0n) is 15.7. The molecule has 0 spiro atoms. The van der Waals surface area contributed by atoms with Crippen LogP contribution in [0.5, 0.6) is 0 Å². The first-order valence-electron chi connectivity index (χ1n) is 8.31. The van der Waals surface area contributed by atoms with E-state index in [1.807, 2.05) is 17.6 Å². The molecular weight excluding hydrogens is 358 g/mol. The van der Waals surface area contributed by atoms with Gasteiger partial charge in [-0.05, 0) is 13.0 Å². The zero-order valence-corrected chi connectivity index (χ0v) is 16.5. The molecule has 1 atom stereocenters. The molecular formula is C16H27N5O4S. The van der Waals surface area contributed by atoms with Crippen molar-refractivity contribution >= 4 is 21.1 Å². The summed E-state index contributed by atoms with van der Waals surface area (Å²) >= 11 is 0. The number of nitrogens with zero attached hydrogens (tertiary/aromatic N) is 4. The maximum atomic E-state index is 11.3. The van der Waals surface area contributed by atoms with Gasteiger partial charge in [-0.15, -0.1) is 0 Å². The molecule has 0 aliphatic carbocycles. The Hall–Kier alpha value is -1.59. The normalized spacial score (nSPS) is 13.6. The number of aromatic nitrogens is 3. The Labute approximate surface area is 154 Å². The summed E-state index contributed by atoms with van der Waals surface area (Å²) in [6, 6.07) is 1.97. The predicted molar refractivity (Wildman–Crippen MR) is 99.2 cm³/mol. The summed E-state index contributed by atoms with van der Waals surface area (Å²) in [6.07, 6.45) is 2.99. The van der Waals surface area contributed by atoms with Gasteiger partial charge in [0.1, 0.15) is 11.7 Å². The van der Waals surface area contributed by atoms with Crippen molar-refractivity contribution in [1.82, 2.24) is 18.8 Å². The van der Waals surface area contributed by atoms with Crippen molar-refractivity contribution in [3.8, 4) is 0 Å². The van der Waals surface area contributed by atoms with Crippen LogP contribution in [0.25, 0.3) is 11.0 Å². The Balaban J connectivity index is 1.98. The number of ether oxygens (including phenoxy) is 2. The highest BCUT2D eigenvalue weighted by molar-refractivity contribution is 7.88. The summed E-state index contributed by atoms with van der Waals surface area (Å²) < 4.78 is 36.6. The molecule has 0 amide bonds. The van der Waals surface area contributed by atoms with Gasteiger partial charge >= 0.3 is 0 Å². The fourth-order valence-corrected chi connectivity index (χ4v) is 2.89. The number of likely N-dealkylation sites (N-methyl/N-ethyl adjacent to an activating group) is 1. The quantitative estimate of drug-likeness (QED) is 0.456. The Morgan fingerprint density at radius 2 is 2.12 bits per heavy atom. The number of aryl methyl sites for hydroxylation is 1. The summed E-state index contributed by atoms with van der Waals surface area (Å²) in [7, 11) is -0.0770. The van der Waals surface area contributed by atoms with E-state index >= 15 is 0 Å². The second-order valence-electron chi connectivity index (χ2n) is 6.19. The first-order chi connectivity index (χ1) is 12.2. The number of hydrogen-bond donors (Lipinski definition) is 1. The first-order valence-corrected chi connectivity index (χ1v) is 10.2. The average Bonchev–Trinajstić information content (AvgIpc) is 2.96. The molecule has 9 nitrogen and oxygen atoms in total. The van der Waals surface area contributed by atoms with Crippen LogP contribution < -0.4 is 5.73 Å². The number of methoxy groups -OCH3 is 1. The molecule has 2 heterocycles. The minimum absolute atomic E-state index is 0.325. The Morgan fingerprint density at radius 1 is 1.38 bits per heavy atom. The van der Waals surface area contributed by atoms with E-state index in [-0.39, 0.29) is 0 Å². The monoisotopic (exact) mass is 385 g/mol. The summed E-state index contributed by atoms with van der Waals surface area (Å²) in [5.41, 5.74) is 9.32. The van der Waals surface area contributed by atoms with Crippen molar-refractivity contribution in [1.29, 1.82) is 0 Å². The first kappa shape index (κ1) is 20.7. The van der Waals surface area contributed by atoms with Gasteiger partial charge in [-0.25, -0.2) is 17.7 Å². The lowest BCUT2D eigenvalue weighted by Gasteiger charge is -2.14. The third kappa shape index (κ3) is 5.45. The Bertz CT molecular complexity index is 837. The maximum Gasteiger partial charge on any atom is 0.211 e. The molecule has 0 aromatic carbocycles. The molecule has 0 saturated heterocycles. The lowest BCUT2D eigenvalue weighted by Crippen LogP contribution is -2.29. The molecule has 0 radical (unpaired) electrons. The van der Waals surface area contributed by atoms with Crippen LogP contribution in [0.3, 0.4) is 0 Å². The van der Waals surface area contributed by atoms with Crippen LogP contribution >= 0.6 is 0 Å². The molecule has 1 unspecified atom stereocenters. The van der Waals surface area contributed by atoms with Crippen LogP contribution in [-0.2, 0) is 32.5 Å². The molecule has 0 bridgehead atoms. The summed E-state index contributed by atoms with van der Waals surface area (Å²) in [5.74, 6) is 0. The van der Waals surface area contributed by atoms with Crippen LogP contribution in [0.15, 0.2) is 12.4 Å². The largest absolute Gasteiger partial charge is 0.378 e. The van der Waals surface area contributed by atoms with Gasteiger partial charge in [-0.2, -0.15) is 0 Å². The Kier molecular flexibility index (Phi) is 7.07. The zero-order chi connectivity index (χ0) is 19.3. The van der Waals surface area contributed by atoms with Gasteiger partial charge in [-0.3, -0.25) is 4.98 Å². The van der Waals surface area contributed by atoms with E-state index in [0.29, 0.717) is 32.7 Å². The minimum atomic E-state index is -3.17. The average molecular weight is 385 g/mol. The van der Waals surface area contributed by atoms with E-state index in [1.165, 1.54) is 17.6 Å². The molecule has 2 aromatic rings. The number of rotatable bonds is 10. The van der Waals surface area contributed by atoms with Crippen molar-refractivity contribution in [2.24, 2.45) is 5.73 Å². The Morgan fingerprint density at radius 3 is 2.77 bits per heavy atom. The van der Waals surface area contributed by atoms with E-state index < -0.39 is 16.3 Å². The van der Waals surface area contributed by atoms with Crippen molar-refractivity contribution in [2.45, 2.75) is 26.1 Å². The third-order valence-corrected chi connectivity index (χ3v) is 5.41. The van der Waals surface area contributed by atoms with Crippen molar-refractivity contribution in [3.05, 3.63) is 23.8 Å². The number of sulfonamides is 1. The highest BCUT2D eigenvalue weighted by atomic mass is 32.2. The molecule has 0 fully saturated rings. The van der Waals surface area contributed by atoms with Gasteiger partial charge in [0, 0.05) is 39.4 Å². The lowest BCUT2D eigenvalue weighted by molar-refractivity contribution is 0.108. The highest BCUT2D eigenvalue weighted by Gasteiger charge is 2.13. The molecule has 10 heteroatoms. The van der Waals surface area contributed by atoms with Crippen LogP contribution in [0.2, 0.25) is 0 Å². The molecule has 26 heavy (non-hydrogen) atoms. The second-order valence-corrected chi connectivity index (χ2v) is 8.28. The third-order valence-electron chi connectivity index (χ3n) is 4.10. The molecule has 0 saturated carbocycles. The number of nitrogens with two attached hydrogens (primary N) is 1. The molecule has 2 aromatic heterocycles. The maximum absolute atomic E-state index is 11.3. The standard InChI is InChI=1S/C16H27N5O4S/c1-12-9-14-16(13(19-12)10-15(17)24-3)18-11-21(14)6-8-25-7-5-20(2)26(4,22)23/h9,11,15H,5-8,10,17H2,1-4H3. The molecule has 0 aliphatic heterocycles. The number of hydrogen-bond acceptors (Lipinski definition) is 7. The fourth-order valence-electron chi connectivity index (χ4n) is 2.48. The van der Waals surface area contributed by atoms with E-state index in [4.69, 9.17) is 15.2 Å². The predicted octanol–water partition coefficient (Wildman–Crippen LogP) is 0.121. The fraction of sp³-hybridized carbons (Fsp3) is 0.625. The van der Waals surface area contributed by atoms with Crippen molar-refractivity contribution in [3.63, 3.8) is 0 Å². The molecule has 146 valence electrons. The number of pyridine rings is 1. The molecule has 2 rings (SSSR count). The minimum Gasteiger partial charge on any atom is -0.378 e. The van der Waals surface area contributed by atoms with Gasteiger partial charge in [0.05, 0.1) is 37.0 Å². The summed E-state index contributed by atoms with van der Waals surface area (Å²) in [4.78, 5) is 8.98. The second kappa shape index (κ2) is 8.87. The van der Waals surface area contributed by atoms with Gasteiger partial charge in [0.2, 0.25) is 10.0 Å². The number of fused-ring (bicyclic) bond motifs is 1. The van der Waals surface area contributed by atoms with Crippen LogP contribution in [-0.4, -0.2) is 73.7 Å². The van der Waals surface area contributed by atoms with E-state index in [0.717, 1.165) is 22.4 Å². The van der Waals surface area contributed by atoms with E-state index in [1.54, 1.807) is 13.4 Å². The van der Waals surface area contributed by atoms with Crippen molar-refractivity contribution < 1.29 is 17.9 Å².